The molecule has 0 radical (unpaired) electrons. The van der Waals surface area contributed by atoms with Crippen LogP contribution >= 0.6 is 0 Å². The molecule has 11 heteroatoms. The average molecular weight is 444 g/mol. The van der Waals surface area contributed by atoms with Crippen LogP contribution in [0.4, 0.5) is 17.6 Å². The zero-order valence-corrected chi connectivity index (χ0v) is 17.8. The van der Waals surface area contributed by atoms with Crippen LogP contribution in [0.25, 0.3) is 0 Å². The number of amides is 2. The summed E-state index contributed by atoms with van der Waals surface area (Å²) in [6.45, 7) is 2.10. The molecule has 168 valence electrons. The summed E-state index contributed by atoms with van der Waals surface area (Å²) < 4.78 is 67.9. The first-order chi connectivity index (χ1) is 13.2. The van der Waals surface area contributed by atoms with Crippen LogP contribution in [-0.4, -0.2) is 81.9 Å². The summed E-state index contributed by atoms with van der Waals surface area (Å²) in [5, 5.41) is -0.439. The molecule has 0 spiro atoms. The van der Waals surface area contributed by atoms with E-state index in [0.717, 1.165) is 13.8 Å². The number of carbonyl (C=O) groups excluding carboxylic acids is 2. The topological polar surface area (TPSA) is 70.0 Å². The lowest BCUT2D eigenvalue weighted by Crippen LogP contribution is -2.50. The van der Waals surface area contributed by atoms with Gasteiger partial charge in [0.1, 0.15) is 0 Å². The number of piperidine rings is 2. The van der Waals surface area contributed by atoms with Crippen molar-refractivity contribution in [2.24, 2.45) is 10.3 Å². The van der Waals surface area contributed by atoms with E-state index in [2.05, 4.69) is 4.36 Å². The summed E-state index contributed by atoms with van der Waals surface area (Å²) in [4.78, 5) is 27.4. The number of rotatable bonds is 4. The third kappa shape index (κ3) is 6.91. The van der Waals surface area contributed by atoms with Gasteiger partial charge in [0.25, 0.3) is 5.91 Å². The van der Waals surface area contributed by atoms with Gasteiger partial charge in [-0.2, -0.15) is 17.5 Å². The molecule has 2 atom stereocenters. The minimum Gasteiger partial charge on any atom is -0.342 e. The molecule has 2 aliphatic heterocycles. The quantitative estimate of drug-likeness (QED) is 0.627. The molecule has 0 aliphatic carbocycles. The van der Waals surface area contributed by atoms with Crippen LogP contribution in [0, 0.1) is 5.92 Å². The summed E-state index contributed by atoms with van der Waals surface area (Å²) in [6, 6.07) is 0. The summed E-state index contributed by atoms with van der Waals surface area (Å²) in [6.07, 6.45) is -1.18. The molecule has 0 N–H and O–H groups in total. The minimum absolute atomic E-state index is 0.0816. The lowest BCUT2D eigenvalue weighted by Gasteiger charge is -2.38. The van der Waals surface area contributed by atoms with E-state index >= 15 is 0 Å². The number of alkyl halides is 4. The highest BCUT2D eigenvalue weighted by atomic mass is 32.2. The fourth-order valence-electron chi connectivity index (χ4n) is 3.77. The molecule has 2 aliphatic rings. The monoisotopic (exact) mass is 443 g/mol. The van der Waals surface area contributed by atoms with Crippen molar-refractivity contribution >= 4 is 21.5 Å². The van der Waals surface area contributed by atoms with E-state index in [1.165, 1.54) is 11.2 Å². The van der Waals surface area contributed by atoms with Gasteiger partial charge in [-0.15, -0.1) is 0 Å². The van der Waals surface area contributed by atoms with Gasteiger partial charge in [0.2, 0.25) is 5.91 Å². The van der Waals surface area contributed by atoms with Gasteiger partial charge in [-0.05, 0) is 46.1 Å². The smallest absolute Gasteiger partial charge is 0.342 e. The SMILES string of the molecule is CC(C)(F)C(=O)N=S(C)(=O)C1CCN(C(=O)C2CCCN(CC(F)(F)F)C2)CC1. The van der Waals surface area contributed by atoms with Crippen molar-refractivity contribution in [1.29, 1.82) is 0 Å². The first kappa shape index (κ1) is 24.0. The summed E-state index contributed by atoms with van der Waals surface area (Å²) in [5.74, 6) is -1.72. The number of hydrogen-bond acceptors (Lipinski definition) is 4. The van der Waals surface area contributed by atoms with Crippen LogP contribution in [0.5, 0.6) is 0 Å². The van der Waals surface area contributed by atoms with Gasteiger partial charge in [-0.3, -0.25) is 14.5 Å². The third-order valence-electron chi connectivity index (χ3n) is 5.40. The Hall–Kier alpha value is -1.23. The molecule has 0 aromatic heterocycles. The van der Waals surface area contributed by atoms with Crippen LogP contribution in [0.15, 0.2) is 4.36 Å². The van der Waals surface area contributed by atoms with Gasteiger partial charge >= 0.3 is 6.18 Å². The van der Waals surface area contributed by atoms with Gasteiger partial charge in [0.05, 0.1) is 22.2 Å². The molecule has 2 fully saturated rings. The van der Waals surface area contributed by atoms with E-state index in [1.54, 1.807) is 4.90 Å². The molecule has 2 saturated heterocycles. The zero-order chi connectivity index (χ0) is 22.0. The second-order valence-corrected chi connectivity index (χ2v) is 11.0. The van der Waals surface area contributed by atoms with E-state index in [1.807, 2.05) is 0 Å². The van der Waals surface area contributed by atoms with Crippen LogP contribution in [0.2, 0.25) is 0 Å². The molecular formula is C18H29F4N3O3S. The molecule has 2 amide bonds. The summed E-state index contributed by atoms with van der Waals surface area (Å²) in [7, 11) is -2.95. The maximum atomic E-state index is 13.7. The van der Waals surface area contributed by atoms with E-state index in [-0.39, 0.29) is 12.5 Å². The molecule has 6 nitrogen and oxygen atoms in total. The highest BCUT2D eigenvalue weighted by Crippen LogP contribution is 2.26. The molecule has 2 rings (SSSR count). The lowest BCUT2D eigenvalue weighted by atomic mass is 9.95. The van der Waals surface area contributed by atoms with Crippen LogP contribution in [0.1, 0.15) is 39.5 Å². The van der Waals surface area contributed by atoms with Gasteiger partial charge in [0, 0.05) is 31.1 Å². The molecule has 0 bridgehead atoms. The molecule has 0 aromatic rings. The van der Waals surface area contributed by atoms with Gasteiger partial charge in [-0.25, -0.2) is 8.60 Å². The average Bonchev–Trinajstić information content (AvgIpc) is 2.59. The Bertz CT molecular complexity index is 734. The van der Waals surface area contributed by atoms with Crippen LogP contribution in [0.3, 0.4) is 0 Å². The van der Waals surface area contributed by atoms with E-state index in [9.17, 15) is 31.4 Å². The molecule has 0 aromatic carbocycles. The molecule has 0 saturated carbocycles. The Morgan fingerprint density at radius 1 is 1.07 bits per heavy atom. The number of nitrogens with zero attached hydrogens (tertiary/aromatic N) is 3. The third-order valence-corrected chi connectivity index (χ3v) is 7.64. The Balaban J connectivity index is 1.95. The van der Waals surface area contributed by atoms with E-state index in [0.29, 0.717) is 45.3 Å². The standard InChI is InChI=1S/C18H29F4N3O3S/c1-17(2,19)16(27)23-29(3,28)14-6-9-25(10-7-14)15(26)13-5-4-8-24(11-13)12-18(20,21)22/h13-14H,4-12H2,1-3H3. The fourth-order valence-corrected chi connectivity index (χ4v) is 5.55. The highest BCUT2D eigenvalue weighted by Gasteiger charge is 2.37. The van der Waals surface area contributed by atoms with Crippen molar-refractivity contribution in [3.8, 4) is 0 Å². The van der Waals surface area contributed by atoms with Gasteiger partial charge < -0.3 is 4.90 Å². The maximum Gasteiger partial charge on any atom is 0.401 e. The van der Waals surface area contributed by atoms with Crippen molar-refractivity contribution in [2.75, 3.05) is 39.0 Å². The normalized spacial score (nSPS) is 24.8. The first-order valence-corrected chi connectivity index (χ1v) is 11.7. The van der Waals surface area contributed by atoms with Crippen molar-refractivity contribution in [1.82, 2.24) is 9.80 Å². The van der Waals surface area contributed by atoms with Crippen LogP contribution < -0.4 is 0 Å². The molecular weight excluding hydrogens is 414 g/mol. The second-order valence-electron chi connectivity index (χ2n) is 8.44. The largest absolute Gasteiger partial charge is 0.401 e. The van der Waals surface area contributed by atoms with Crippen LogP contribution in [-0.2, 0) is 19.3 Å². The molecule has 2 unspecified atom stereocenters. The maximum absolute atomic E-state index is 13.7. The zero-order valence-electron chi connectivity index (χ0n) is 17.0. The summed E-state index contributed by atoms with van der Waals surface area (Å²) >= 11 is 0. The van der Waals surface area contributed by atoms with Crippen molar-refractivity contribution in [3.63, 3.8) is 0 Å². The number of hydrogen-bond donors (Lipinski definition) is 0. The molecule has 29 heavy (non-hydrogen) atoms. The lowest BCUT2D eigenvalue weighted by molar-refractivity contribution is -0.154. The Morgan fingerprint density at radius 2 is 1.66 bits per heavy atom. The van der Waals surface area contributed by atoms with Crippen molar-refractivity contribution in [3.05, 3.63) is 0 Å². The number of carbonyl (C=O) groups is 2. The Kier molecular flexibility index (Phi) is 7.35. The number of likely N-dealkylation sites (tertiary alicyclic amines) is 2. The van der Waals surface area contributed by atoms with Crippen molar-refractivity contribution in [2.45, 2.75) is 56.6 Å². The summed E-state index contributed by atoms with van der Waals surface area (Å²) in [5.41, 5.74) is -2.20. The van der Waals surface area contributed by atoms with E-state index < -0.39 is 45.2 Å². The first-order valence-electron chi connectivity index (χ1n) is 9.71. The Labute approximate surface area is 169 Å². The Morgan fingerprint density at radius 3 is 2.17 bits per heavy atom. The predicted octanol–water partition coefficient (Wildman–Crippen LogP) is 2.62. The molecule has 2 heterocycles. The number of halogens is 4. The minimum atomic E-state index is -4.29. The highest BCUT2D eigenvalue weighted by molar-refractivity contribution is 7.93. The van der Waals surface area contributed by atoms with Gasteiger partial charge in [-0.1, -0.05) is 0 Å². The van der Waals surface area contributed by atoms with Gasteiger partial charge in [0.15, 0.2) is 5.67 Å². The van der Waals surface area contributed by atoms with E-state index in [4.69, 9.17) is 0 Å². The second kappa shape index (κ2) is 8.87. The van der Waals surface area contributed by atoms with Crippen molar-refractivity contribution < 1.29 is 31.4 Å². The predicted molar refractivity (Wildman–Crippen MR) is 102 cm³/mol. The fraction of sp³-hybridized carbons (Fsp3) is 0.889.